The van der Waals surface area contributed by atoms with E-state index in [1.807, 2.05) is 38.4 Å². The van der Waals surface area contributed by atoms with Crippen LogP contribution in [0.25, 0.3) is 11.4 Å². The molecule has 0 aliphatic carbocycles. The quantitative estimate of drug-likeness (QED) is 0.822. The maximum atomic E-state index is 4.30. The summed E-state index contributed by atoms with van der Waals surface area (Å²) in [5.74, 6) is 0. The first-order chi connectivity index (χ1) is 7.83. The van der Waals surface area contributed by atoms with Crippen LogP contribution in [0.5, 0.6) is 0 Å². The fourth-order valence-electron chi connectivity index (χ4n) is 1.45. The molecule has 2 heterocycles. The largest absolute Gasteiger partial charge is 0.388 e. The molecular formula is C12H14N4. The molecule has 0 bridgehead atoms. The van der Waals surface area contributed by atoms with E-state index in [1.54, 1.807) is 12.4 Å². The van der Waals surface area contributed by atoms with Gasteiger partial charge in [-0.25, -0.2) is 0 Å². The molecule has 0 aliphatic rings. The molecule has 0 spiro atoms. The number of hydrogen-bond acceptors (Lipinski definition) is 4. The van der Waals surface area contributed by atoms with E-state index in [0.717, 1.165) is 22.8 Å². The van der Waals surface area contributed by atoms with Gasteiger partial charge in [0.2, 0.25) is 0 Å². The molecule has 0 unspecified atom stereocenters. The van der Waals surface area contributed by atoms with Gasteiger partial charge in [0, 0.05) is 37.9 Å². The van der Waals surface area contributed by atoms with Crippen molar-refractivity contribution in [3.8, 4) is 11.4 Å². The van der Waals surface area contributed by atoms with Crippen molar-refractivity contribution in [2.24, 2.45) is 0 Å². The minimum Gasteiger partial charge on any atom is -0.388 e. The van der Waals surface area contributed by atoms with Crippen molar-refractivity contribution in [3.63, 3.8) is 0 Å². The molecule has 0 atom stereocenters. The zero-order valence-corrected chi connectivity index (χ0v) is 9.36. The molecular weight excluding hydrogens is 200 g/mol. The number of hydrogen-bond donors (Lipinski definition) is 2. The van der Waals surface area contributed by atoms with Crippen LogP contribution in [-0.2, 0) is 0 Å². The first-order valence-corrected chi connectivity index (χ1v) is 5.11. The van der Waals surface area contributed by atoms with Gasteiger partial charge in [-0.05, 0) is 24.3 Å². The van der Waals surface area contributed by atoms with Crippen molar-refractivity contribution < 1.29 is 0 Å². The fraction of sp³-hybridized carbons (Fsp3) is 0.167. The van der Waals surface area contributed by atoms with E-state index in [4.69, 9.17) is 0 Å². The molecule has 0 saturated carbocycles. The molecule has 4 heteroatoms. The molecule has 0 fully saturated rings. The Kier molecular flexibility index (Phi) is 3.00. The molecule has 4 nitrogen and oxygen atoms in total. The van der Waals surface area contributed by atoms with Crippen molar-refractivity contribution >= 4 is 11.4 Å². The average molecular weight is 214 g/mol. The summed E-state index contributed by atoms with van der Waals surface area (Å²) in [5.41, 5.74) is 3.79. The number of pyridine rings is 2. The van der Waals surface area contributed by atoms with E-state index in [-0.39, 0.29) is 0 Å². The lowest BCUT2D eigenvalue weighted by Gasteiger charge is -2.05. The molecule has 0 saturated heterocycles. The smallest absolute Gasteiger partial charge is 0.0907 e. The minimum absolute atomic E-state index is 0.865. The van der Waals surface area contributed by atoms with Crippen LogP contribution >= 0.6 is 0 Å². The predicted molar refractivity (Wildman–Crippen MR) is 66.6 cm³/mol. The predicted octanol–water partition coefficient (Wildman–Crippen LogP) is 2.23. The van der Waals surface area contributed by atoms with Gasteiger partial charge in [-0.1, -0.05) is 0 Å². The highest BCUT2D eigenvalue weighted by Crippen LogP contribution is 2.20. The van der Waals surface area contributed by atoms with E-state index in [9.17, 15) is 0 Å². The van der Waals surface area contributed by atoms with Crippen LogP contribution < -0.4 is 10.6 Å². The summed E-state index contributed by atoms with van der Waals surface area (Å²) in [6, 6.07) is 7.79. The summed E-state index contributed by atoms with van der Waals surface area (Å²) in [7, 11) is 3.77. The summed E-state index contributed by atoms with van der Waals surface area (Å²) in [6.45, 7) is 0. The zero-order chi connectivity index (χ0) is 11.4. The number of nitrogens with one attached hydrogen (secondary N) is 2. The van der Waals surface area contributed by atoms with Gasteiger partial charge in [0.25, 0.3) is 0 Å². The van der Waals surface area contributed by atoms with Crippen molar-refractivity contribution in [2.75, 3.05) is 24.7 Å². The van der Waals surface area contributed by atoms with E-state index in [1.165, 1.54) is 0 Å². The van der Waals surface area contributed by atoms with Crippen molar-refractivity contribution in [1.29, 1.82) is 0 Å². The van der Waals surface area contributed by atoms with Crippen LogP contribution in [0.15, 0.2) is 36.7 Å². The maximum Gasteiger partial charge on any atom is 0.0907 e. The normalized spacial score (nSPS) is 9.88. The second-order valence-electron chi connectivity index (χ2n) is 3.36. The molecule has 2 aromatic heterocycles. The monoisotopic (exact) mass is 214 g/mol. The van der Waals surface area contributed by atoms with Crippen LogP contribution in [0.3, 0.4) is 0 Å². The molecule has 2 N–H and O–H groups in total. The summed E-state index contributed by atoms with van der Waals surface area (Å²) >= 11 is 0. The third-order valence-corrected chi connectivity index (χ3v) is 2.36. The van der Waals surface area contributed by atoms with E-state index in [2.05, 4.69) is 20.6 Å². The van der Waals surface area contributed by atoms with Crippen LogP contribution in [-0.4, -0.2) is 24.1 Å². The Balaban J connectivity index is 2.41. The van der Waals surface area contributed by atoms with E-state index >= 15 is 0 Å². The summed E-state index contributed by atoms with van der Waals surface area (Å²) < 4.78 is 0. The Morgan fingerprint density at radius 2 is 1.25 bits per heavy atom. The van der Waals surface area contributed by atoms with Crippen LogP contribution in [0.2, 0.25) is 0 Å². The molecule has 0 aromatic carbocycles. The Bertz CT molecular complexity index is 436. The van der Waals surface area contributed by atoms with E-state index in [0.29, 0.717) is 0 Å². The lowest BCUT2D eigenvalue weighted by Crippen LogP contribution is -1.93. The van der Waals surface area contributed by atoms with E-state index < -0.39 is 0 Å². The Morgan fingerprint density at radius 1 is 0.812 bits per heavy atom. The fourth-order valence-corrected chi connectivity index (χ4v) is 1.45. The molecule has 0 radical (unpaired) electrons. The second-order valence-corrected chi connectivity index (χ2v) is 3.36. The van der Waals surface area contributed by atoms with Gasteiger partial charge >= 0.3 is 0 Å². The molecule has 2 aromatic rings. The van der Waals surface area contributed by atoms with Gasteiger partial charge in [-0.15, -0.1) is 0 Å². The first kappa shape index (κ1) is 10.4. The Morgan fingerprint density at radius 3 is 1.62 bits per heavy atom. The van der Waals surface area contributed by atoms with Gasteiger partial charge < -0.3 is 10.6 Å². The lowest BCUT2D eigenvalue weighted by molar-refractivity contribution is 1.24. The first-order valence-electron chi connectivity index (χ1n) is 5.11. The van der Waals surface area contributed by atoms with Crippen molar-refractivity contribution in [1.82, 2.24) is 9.97 Å². The summed E-state index contributed by atoms with van der Waals surface area (Å²) in [4.78, 5) is 8.61. The van der Waals surface area contributed by atoms with Gasteiger partial charge in [0.15, 0.2) is 0 Å². The highest BCUT2D eigenvalue weighted by atomic mass is 14.9. The van der Waals surface area contributed by atoms with Crippen LogP contribution in [0.1, 0.15) is 0 Å². The maximum absolute atomic E-state index is 4.30. The summed E-state index contributed by atoms with van der Waals surface area (Å²) in [5, 5.41) is 6.16. The standard InChI is InChI=1S/C12H14N4/c1-13-9-3-5-15-11(7-9)12-8-10(14-2)4-6-16-12/h3-8H,1-2H3,(H,13,15)(H,14,16). The highest BCUT2D eigenvalue weighted by molar-refractivity contribution is 5.64. The van der Waals surface area contributed by atoms with Gasteiger partial charge in [0.05, 0.1) is 11.4 Å². The second kappa shape index (κ2) is 4.61. The van der Waals surface area contributed by atoms with Gasteiger partial charge in [-0.3, -0.25) is 9.97 Å². The average Bonchev–Trinajstić information content (AvgIpc) is 2.39. The zero-order valence-electron chi connectivity index (χ0n) is 9.36. The van der Waals surface area contributed by atoms with Crippen LogP contribution in [0, 0.1) is 0 Å². The minimum atomic E-state index is 0.865. The summed E-state index contributed by atoms with van der Waals surface area (Å²) in [6.07, 6.45) is 3.55. The molecule has 0 aliphatic heterocycles. The number of rotatable bonds is 3. The van der Waals surface area contributed by atoms with Crippen LogP contribution in [0.4, 0.5) is 11.4 Å². The number of aromatic nitrogens is 2. The van der Waals surface area contributed by atoms with Crippen molar-refractivity contribution in [2.45, 2.75) is 0 Å². The topological polar surface area (TPSA) is 49.8 Å². The van der Waals surface area contributed by atoms with Gasteiger partial charge in [0.1, 0.15) is 0 Å². The number of nitrogens with zero attached hydrogens (tertiary/aromatic N) is 2. The van der Waals surface area contributed by atoms with Crippen molar-refractivity contribution in [3.05, 3.63) is 36.7 Å². The third-order valence-electron chi connectivity index (χ3n) is 2.36. The SMILES string of the molecule is CNc1ccnc(-c2cc(NC)ccn2)c1. The number of anilines is 2. The molecule has 82 valence electrons. The molecule has 0 amide bonds. The Hall–Kier alpha value is -2.10. The molecule has 16 heavy (non-hydrogen) atoms. The lowest BCUT2D eigenvalue weighted by atomic mass is 10.2. The molecule has 2 rings (SSSR count). The van der Waals surface area contributed by atoms with Gasteiger partial charge in [-0.2, -0.15) is 0 Å². The highest BCUT2D eigenvalue weighted by Gasteiger charge is 2.02. The third kappa shape index (κ3) is 2.11. The Labute approximate surface area is 94.8 Å².